The number of ether oxygens (including phenoxy) is 1. The lowest BCUT2D eigenvalue weighted by molar-refractivity contribution is -0.154. The van der Waals surface area contributed by atoms with Crippen LogP contribution in [0.4, 0.5) is 0 Å². The predicted octanol–water partition coefficient (Wildman–Crippen LogP) is 0.775. The summed E-state index contributed by atoms with van der Waals surface area (Å²) in [6.07, 6.45) is 1.64. The van der Waals surface area contributed by atoms with Gasteiger partial charge in [0.15, 0.2) is 0 Å². The number of hydrogen-bond acceptors (Lipinski definition) is 3. The molecule has 0 aromatic carbocycles. The van der Waals surface area contributed by atoms with Crippen molar-refractivity contribution < 1.29 is 14.3 Å². The predicted molar refractivity (Wildman–Crippen MR) is 38.9 cm³/mol. The highest BCUT2D eigenvalue weighted by molar-refractivity contribution is 5.86. The summed E-state index contributed by atoms with van der Waals surface area (Å²) in [5.41, 5.74) is 0. The molecule has 0 saturated heterocycles. The Hall–Kier alpha value is -0.860. The Kier molecular flexibility index (Phi) is 2.27. The molecule has 0 aromatic rings. The van der Waals surface area contributed by atoms with Crippen LogP contribution in [0.3, 0.4) is 0 Å². The molecule has 0 radical (unpaired) electrons. The van der Waals surface area contributed by atoms with Crippen molar-refractivity contribution in [3.8, 4) is 0 Å². The van der Waals surface area contributed by atoms with Crippen molar-refractivity contribution in [2.75, 3.05) is 7.11 Å². The molecular weight excluding hydrogens is 144 g/mol. The van der Waals surface area contributed by atoms with Gasteiger partial charge in [-0.1, -0.05) is 0 Å². The third-order valence-electron chi connectivity index (χ3n) is 2.30. The fourth-order valence-corrected chi connectivity index (χ4v) is 1.42. The zero-order valence-corrected chi connectivity index (χ0v) is 6.79. The van der Waals surface area contributed by atoms with Crippen LogP contribution < -0.4 is 0 Å². The van der Waals surface area contributed by atoms with Gasteiger partial charge in [0, 0.05) is 5.92 Å². The number of carbonyl (C=O) groups is 2. The fraction of sp³-hybridized carbons (Fsp3) is 0.750. The van der Waals surface area contributed by atoms with Crippen molar-refractivity contribution in [1.29, 1.82) is 0 Å². The first-order valence-electron chi connectivity index (χ1n) is 3.75. The summed E-state index contributed by atoms with van der Waals surface area (Å²) in [6.45, 7) is 1.53. The van der Waals surface area contributed by atoms with E-state index in [2.05, 4.69) is 4.74 Å². The molecule has 3 nitrogen and oxygen atoms in total. The van der Waals surface area contributed by atoms with E-state index in [1.165, 1.54) is 14.0 Å². The number of esters is 1. The minimum absolute atomic E-state index is 0.0672. The van der Waals surface area contributed by atoms with E-state index in [4.69, 9.17) is 0 Å². The van der Waals surface area contributed by atoms with E-state index in [9.17, 15) is 9.59 Å². The maximum Gasteiger partial charge on any atom is 0.309 e. The number of ketones is 1. The zero-order valence-electron chi connectivity index (χ0n) is 6.79. The van der Waals surface area contributed by atoms with Gasteiger partial charge < -0.3 is 4.74 Å². The van der Waals surface area contributed by atoms with Crippen LogP contribution in [0.25, 0.3) is 0 Å². The number of methoxy groups -OCH3 is 1. The molecule has 2 atom stereocenters. The number of rotatable bonds is 2. The molecule has 1 aliphatic carbocycles. The molecule has 0 unspecified atom stereocenters. The van der Waals surface area contributed by atoms with Gasteiger partial charge >= 0.3 is 5.97 Å². The Balaban J connectivity index is 2.49. The van der Waals surface area contributed by atoms with Gasteiger partial charge in [-0.25, -0.2) is 0 Å². The fourth-order valence-electron chi connectivity index (χ4n) is 1.42. The summed E-state index contributed by atoms with van der Waals surface area (Å²) in [7, 11) is 1.36. The highest BCUT2D eigenvalue weighted by atomic mass is 16.5. The topological polar surface area (TPSA) is 43.4 Å². The molecule has 0 amide bonds. The summed E-state index contributed by atoms with van der Waals surface area (Å²) >= 11 is 0. The van der Waals surface area contributed by atoms with Crippen LogP contribution in [-0.4, -0.2) is 18.9 Å². The van der Waals surface area contributed by atoms with Crippen LogP contribution in [0.15, 0.2) is 0 Å². The Morgan fingerprint density at radius 2 is 1.82 bits per heavy atom. The van der Waals surface area contributed by atoms with Crippen molar-refractivity contribution >= 4 is 11.8 Å². The summed E-state index contributed by atoms with van der Waals surface area (Å²) in [5.74, 6) is -0.358. The summed E-state index contributed by atoms with van der Waals surface area (Å²) < 4.78 is 4.54. The van der Waals surface area contributed by atoms with Crippen molar-refractivity contribution in [1.82, 2.24) is 0 Å². The Morgan fingerprint density at radius 3 is 2.09 bits per heavy atom. The molecule has 3 heteroatoms. The van der Waals surface area contributed by atoms with E-state index in [-0.39, 0.29) is 23.6 Å². The number of Topliss-reactive ketones (excluding diaryl/α,β-unsaturated/α-hetero) is 1. The van der Waals surface area contributed by atoms with Crippen LogP contribution >= 0.6 is 0 Å². The lowest BCUT2D eigenvalue weighted by atomic mass is 9.72. The minimum Gasteiger partial charge on any atom is -0.469 e. The maximum absolute atomic E-state index is 10.9. The third kappa shape index (κ3) is 1.42. The van der Waals surface area contributed by atoms with Crippen molar-refractivity contribution in [3.63, 3.8) is 0 Å². The van der Waals surface area contributed by atoms with Crippen molar-refractivity contribution in [2.45, 2.75) is 19.8 Å². The van der Waals surface area contributed by atoms with E-state index < -0.39 is 0 Å². The molecular formula is C8H12O3. The van der Waals surface area contributed by atoms with Crippen LogP contribution in [-0.2, 0) is 14.3 Å². The molecule has 0 bridgehead atoms. The molecule has 0 N–H and O–H groups in total. The Bertz CT molecular complexity index is 186. The lowest BCUT2D eigenvalue weighted by Crippen LogP contribution is -2.37. The number of carbonyl (C=O) groups excluding carboxylic acids is 2. The minimum atomic E-state index is -0.239. The van der Waals surface area contributed by atoms with E-state index in [0.717, 1.165) is 12.8 Å². The molecule has 1 aliphatic rings. The Morgan fingerprint density at radius 1 is 1.27 bits per heavy atom. The van der Waals surface area contributed by atoms with Crippen molar-refractivity contribution in [3.05, 3.63) is 0 Å². The standard InChI is InChI=1S/C8H12O3/c1-5(9)6-3-4-7(6)8(10)11-2/h6-7H,3-4H2,1-2H3/t6-,7+/m1/s1. The second-order valence-electron chi connectivity index (χ2n) is 2.92. The van der Waals surface area contributed by atoms with Gasteiger partial charge in [-0.3, -0.25) is 9.59 Å². The molecule has 0 aromatic heterocycles. The van der Waals surface area contributed by atoms with E-state index >= 15 is 0 Å². The first kappa shape index (κ1) is 8.24. The SMILES string of the molecule is COC(=O)[C@H]1CC[C@@H]1C(C)=O. The molecule has 0 aliphatic heterocycles. The van der Waals surface area contributed by atoms with Gasteiger partial charge in [0.2, 0.25) is 0 Å². The first-order chi connectivity index (χ1) is 5.16. The van der Waals surface area contributed by atoms with Gasteiger partial charge in [-0.05, 0) is 19.8 Å². The highest BCUT2D eigenvalue weighted by Crippen LogP contribution is 2.35. The molecule has 0 spiro atoms. The maximum atomic E-state index is 10.9. The van der Waals surface area contributed by atoms with Gasteiger partial charge in [0.1, 0.15) is 5.78 Å². The lowest BCUT2D eigenvalue weighted by Gasteiger charge is -2.31. The Labute approximate surface area is 65.7 Å². The van der Waals surface area contributed by atoms with Gasteiger partial charge in [-0.2, -0.15) is 0 Å². The third-order valence-corrected chi connectivity index (χ3v) is 2.30. The quantitative estimate of drug-likeness (QED) is 0.555. The van der Waals surface area contributed by atoms with Crippen LogP contribution in [0.5, 0.6) is 0 Å². The van der Waals surface area contributed by atoms with Crippen LogP contribution in [0.1, 0.15) is 19.8 Å². The zero-order chi connectivity index (χ0) is 8.43. The molecule has 62 valence electrons. The molecule has 1 fully saturated rings. The van der Waals surface area contributed by atoms with Crippen molar-refractivity contribution in [2.24, 2.45) is 11.8 Å². The molecule has 0 heterocycles. The molecule has 1 saturated carbocycles. The summed E-state index contributed by atoms with van der Waals surface area (Å²) in [6, 6.07) is 0. The van der Waals surface area contributed by atoms with E-state index in [1.807, 2.05) is 0 Å². The molecule has 1 rings (SSSR count). The van der Waals surface area contributed by atoms with Gasteiger partial charge in [-0.15, -0.1) is 0 Å². The largest absolute Gasteiger partial charge is 0.469 e. The first-order valence-corrected chi connectivity index (χ1v) is 3.75. The smallest absolute Gasteiger partial charge is 0.309 e. The summed E-state index contributed by atoms with van der Waals surface area (Å²) in [5, 5.41) is 0. The monoisotopic (exact) mass is 156 g/mol. The number of hydrogen-bond donors (Lipinski definition) is 0. The highest BCUT2D eigenvalue weighted by Gasteiger charge is 2.39. The van der Waals surface area contributed by atoms with Gasteiger partial charge in [0.25, 0.3) is 0 Å². The van der Waals surface area contributed by atoms with E-state index in [1.54, 1.807) is 0 Å². The van der Waals surface area contributed by atoms with Gasteiger partial charge in [0.05, 0.1) is 13.0 Å². The molecule has 11 heavy (non-hydrogen) atoms. The summed E-state index contributed by atoms with van der Waals surface area (Å²) in [4.78, 5) is 21.8. The average molecular weight is 156 g/mol. The second-order valence-corrected chi connectivity index (χ2v) is 2.92. The van der Waals surface area contributed by atoms with Crippen LogP contribution in [0.2, 0.25) is 0 Å². The average Bonchev–Trinajstić information content (AvgIpc) is 1.83. The van der Waals surface area contributed by atoms with Crippen LogP contribution in [0, 0.1) is 11.8 Å². The second kappa shape index (κ2) is 3.03. The van der Waals surface area contributed by atoms with E-state index in [0.29, 0.717) is 0 Å². The normalized spacial score (nSPS) is 28.9.